The van der Waals surface area contributed by atoms with E-state index in [1.54, 1.807) is 28.0 Å². The van der Waals surface area contributed by atoms with Gasteiger partial charge in [-0.1, -0.05) is 0 Å². The molecule has 11 heteroatoms. The number of pyridine rings is 1. The van der Waals surface area contributed by atoms with E-state index in [9.17, 15) is 4.39 Å². The van der Waals surface area contributed by atoms with Crippen LogP contribution in [-0.4, -0.2) is 69.5 Å². The average Bonchev–Trinajstić information content (AvgIpc) is 3.50. The quantitative estimate of drug-likeness (QED) is 0.395. The molecule has 4 aromatic heterocycles. The summed E-state index contributed by atoms with van der Waals surface area (Å²) in [4.78, 5) is 25.0. The molecular weight excluding hydrogens is 465 g/mol. The highest BCUT2D eigenvalue weighted by atomic mass is 32.1. The second-order valence-electron chi connectivity index (χ2n) is 8.61. The summed E-state index contributed by atoms with van der Waals surface area (Å²) in [7, 11) is 4.08. The predicted molar refractivity (Wildman–Crippen MR) is 138 cm³/mol. The number of nitrogens with one attached hydrogen (secondary N) is 1. The maximum Gasteiger partial charge on any atom is 0.233 e. The largest absolute Gasteiger partial charge is 0.354 e. The number of anilines is 5. The standard InChI is InChI=1S/C24H24FN9S/c1-31-7-9-33(10-8-31)22-12-21(28-23-26-13-18-4-3-16(25)14-34(18)23)29-24(30-22)32(2)17-5-6-19-20(11-17)35-15-27-19/h3-6,11-15H,7-10H2,1-2H3,(H,26,28,29,30). The number of hydrogen-bond acceptors (Lipinski definition) is 9. The molecule has 0 amide bonds. The van der Waals surface area contributed by atoms with Gasteiger partial charge in [0.05, 0.1) is 27.4 Å². The molecule has 0 unspecified atom stereocenters. The first-order valence-corrected chi connectivity index (χ1v) is 12.2. The van der Waals surface area contributed by atoms with Crippen molar-refractivity contribution in [1.29, 1.82) is 0 Å². The molecule has 0 bridgehead atoms. The molecule has 5 heterocycles. The number of fused-ring (bicyclic) bond motifs is 2. The van der Waals surface area contributed by atoms with Crippen LogP contribution in [-0.2, 0) is 0 Å². The van der Waals surface area contributed by atoms with Crippen molar-refractivity contribution in [3.8, 4) is 0 Å². The van der Waals surface area contributed by atoms with E-state index >= 15 is 0 Å². The fourth-order valence-electron chi connectivity index (χ4n) is 4.17. The van der Waals surface area contributed by atoms with Gasteiger partial charge in [-0.05, 0) is 37.4 Å². The highest BCUT2D eigenvalue weighted by Gasteiger charge is 2.20. The number of hydrogen-bond donors (Lipinski definition) is 1. The first-order chi connectivity index (χ1) is 17.0. The number of imidazole rings is 1. The lowest BCUT2D eigenvalue weighted by Gasteiger charge is -2.33. The van der Waals surface area contributed by atoms with Gasteiger partial charge in [-0.15, -0.1) is 11.3 Å². The summed E-state index contributed by atoms with van der Waals surface area (Å²) in [5, 5.41) is 3.28. The van der Waals surface area contributed by atoms with Gasteiger partial charge in [0.2, 0.25) is 11.9 Å². The minimum atomic E-state index is -0.335. The van der Waals surface area contributed by atoms with Gasteiger partial charge >= 0.3 is 0 Å². The van der Waals surface area contributed by atoms with Crippen LogP contribution in [0.5, 0.6) is 0 Å². The van der Waals surface area contributed by atoms with Crippen molar-refractivity contribution in [2.24, 2.45) is 0 Å². The van der Waals surface area contributed by atoms with E-state index in [1.165, 1.54) is 12.3 Å². The van der Waals surface area contributed by atoms with Crippen LogP contribution >= 0.6 is 11.3 Å². The van der Waals surface area contributed by atoms with Gasteiger partial charge < -0.3 is 20.0 Å². The molecule has 0 aliphatic carbocycles. The van der Waals surface area contributed by atoms with Crippen molar-refractivity contribution in [1.82, 2.24) is 29.2 Å². The average molecular weight is 490 g/mol. The Kier molecular flexibility index (Phi) is 5.42. The normalized spacial score (nSPS) is 14.7. The van der Waals surface area contributed by atoms with Crippen molar-refractivity contribution < 1.29 is 4.39 Å². The Morgan fingerprint density at radius 2 is 1.89 bits per heavy atom. The smallest absolute Gasteiger partial charge is 0.233 e. The van der Waals surface area contributed by atoms with Gasteiger partial charge in [-0.2, -0.15) is 9.97 Å². The Bertz CT molecular complexity index is 1510. The van der Waals surface area contributed by atoms with Crippen LogP contribution in [0.4, 0.5) is 33.6 Å². The zero-order chi connectivity index (χ0) is 23.9. The van der Waals surface area contributed by atoms with Gasteiger partial charge in [0, 0.05) is 51.2 Å². The van der Waals surface area contributed by atoms with E-state index in [2.05, 4.69) is 38.2 Å². The molecule has 178 valence electrons. The van der Waals surface area contributed by atoms with Crippen molar-refractivity contribution in [2.45, 2.75) is 0 Å². The van der Waals surface area contributed by atoms with Crippen LogP contribution in [0.3, 0.4) is 0 Å². The zero-order valence-corrected chi connectivity index (χ0v) is 20.2. The molecule has 6 rings (SSSR count). The van der Waals surface area contributed by atoms with Crippen LogP contribution in [0.1, 0.15) is 0 Å². The summed E-state index contributed by atoms with van der Waals surface area (Å²) in [5.41, 5.74) is 4.58. The number of rotatable bonds is 5. The van der Waals surface area contributed by atoms with Crippen molar-refractivity contribution >= 4 is 56.3 Å². The monoisotopic (exact) mass is 489 g/mol. The SMILES string of the molecule is CN1CCN(c2cc(Nc3ncc4ccc(F)cn34)nc(N(C)c3ccc4ncsc4c3)n2)CC1. The summed E-state index contributed by atoms with van der Waals surface area (Å²) >= 11 is 1.60. The topological polar surface area (TPSA) is 77.7 Å². The van der Waals surface area contributed by atoms with Crippen molar-refractivity contribution in [3.63, 3.8) is 0 Å². The molecule has 0 saturated carbocycles. The van der Waals surface area contributed by atoms with Crippen molar-refractivity contribution in [3.05, 3.63) is 60.1 Å². The number of halogens is 1. The molecule has 1 aromatic carbocycles. The minimum Gasteiger partial charge on any atom is -0.354 e. The Hall–Kier alpha value is -3.83. The van der Waals surface area contributed by atoms with Crippen LogP contribution in [0.25, 0.3) is 15.7 Å². The minimum absolute atomic E-state index is 0.335. The van der Waals surface area contributed by atoms with E-state index in [4.69, 9.17) is 9.97 Å². The van der Waals surface area contributed by atoms with E-state index < -0.39 is 0 Å². The van der Waals surface area contributed by atoms with Crippen LogP contribution in [0.2, 0.25) is 0 Å². The Morgan fingerprint density at radius 3 is 2.74 bits per heavy atom. The van der Waals surface area contributed by atoms with Gasteiger partial charge in [0.15, 0.2) is 0 Å². The van der Waals surface area contributed by atoms with E-state index in [0.717, 1.165) is 53.4 Å². The lowest BCUT2D eigenvalue weighted by atomic mass is 10.3. The van der Waals surface area contributed by atoms with Gasteiger partial charge in [0.1, 0.15) is 17.5 Å². The molecule has 9 nitrogen and oxygen atoms in total. The molecule has 1 aliphatic rings. The summed E-state index contributed by atoms with van der Waals surface area (Å²) in [6, 6.07) is 11.2. The zero-order valence-electron chi connectivity index (χ0n) is 19.4. The molecule has 5 aromatic rings. The van der Waals surface area contributed by atoms with E-state index in [0.29, 0.717) is 17.7 Å². The molecule has 1 fully saturated rings. The van der Waals surface area contributed by atoms with Crippen LogP contribution in [0.15, 0.2) is 54.3 Å². The number of piperazine rings is 1. The molecule has 35 heavy (non-hydrogen) atoms. The van der Waals surface area contributed by atoms with E-state index in [-0.39, 0.29) is 5.82 Å². The fourth-order valence-corrected chi connectivity index (χ4v) is 4.88. The summed E-state index contributed by atoms with van der Waals surface area (Å²) in [5.74, 6) is 2.13. The molecular formula is C24H24FN9S. The van der Waals surface area contributed by atoms with E-state index in [1.807, 2.05) is 35.7 Å². The molecule has 0 atom stereocenters. The second-order valence-corrected chi connectivity index (χ2v) is 9.50. The second kappa shape index (κ2) is 8.75. The molecule has 1 N–H and O–H groups in total. The Balaban J connectivity index is 1.39. The highest BCUT2D eigenvalue weighted by Crippen LogP contribution is 2.30. The first kappa shape index (κ1) is 21.7. The molecule has 1 saturated heterocycles. The number of thiazole rings is 1. The maximum atomic E-state index is 13.9. The Morgan fingerprint density at radius 1 is 1.03 bits per heavy atom. The van der Waals surface area contributed by atoms with Crippen molar-refractivity contribution in [2.75, 3.05) is 55.4 Å². The Labute approximate surface area is 205 Å². The third-order valence-corrected chi connectivity index (χ3v) is 7.05. The number of benzene rings is 1. The summed E-state index contributed by atoms with van der Waals surface area (Å²) in [6.07, 6.45) is 3.10. The maximum absolute atomic E-state index is 13.9. The highest BCUT2D eigenvalue weighted by molar-refractivity contribution is 7.16. The van der Waals surface area contributed by atoms with Gasteiger partial charge in [-0.25, -0.2) is 14.4 Å². The third kappa shape index (κ3) is 4.24. The molecule has 1 aliphatic heterocycles. The molecule has 0 spiro atoms. The first-order valence-electron chi connectivity index (χ1n) is 11.3. The van der Waals surface area contributed by atoms with Crippen LogP contribution in [0, 0.1) is 5.82 Å². The lowest BCUT2D eigenvalue weighted by molar-refractivity contribution is 0.312. The molecule has 0 radical (unpaired) electrons. The predicted octanol–water partition coefficient (Wildman–Crippen LogP) is 4.14. The lowest BCUT2D eigenvalue weighted by Crippen LogP contribution is -2.45. The van der Waals surface area contributed by atoms with Gasteiger partial charge in [-0.3, -0.25) is 4.40 Å². The fraction of sp³-hybridized carbons (Fsp3) is 0.250. The van der Waals surface area contributed by atoms with Crippen LogP contribution < -0.4 is 15.1 Å². The third-order valence-electron chi connectivity index (χ3n) is 6.26. The number of nitrogens with zero attached hydrogens (tertiary/aromatic N) is 8. The number of aromatic nitrogens is 5. The summed E-state index contributed by atoms with van der Waals surface area (Å²) in [6.45, 7) is 3.68. The number of likely N-dealkylation sites (N-methyl/N-ethyl adjacent to an activating group) is 1. The summed E-state index contributed by atoms with van der Waals surface area (Å²) < 4.78 is 16.7. The van der Waals surface area contributed by atoms with Gasteiger partial charge in [0.25, 0.3) is 0 Å².